The predicted octanol–water partition coefficient (Wildman–Crippen LogP) is 7.85. The summed E-state index contributed by atoms with van der Waals surface area (Å²) in [4.78, 5) is 0. The molecule has 2 atom stereocenters. The maximum atomic E-state index is 2.59. The lowest BCUT2D eigenvalue weighted by Gasteiger charge is -2.44. The molecule has 9 aromatic rings. The van der Waals surface area contributed by atoms with Crippen LogP contribution < -0.4 is 21.9 Å². The normalized spacial score (nSPS) is 16.8. The van der Waals surface area contributed by atoms with Gasteiger partial charge in [0.1, 0.15) is 0 Å². The van der Waals surface area contributed by atoms with E-state index >= 15 is 0 Å². The second-order valence-electron chi connectivity index (χ2n) is 15.1. The fourth-order valence-corrected chi connectivity index (χ4v) is 11.0. The monoisotopic (exact) mass is 656 g/mol. The van der Waals surface area contributed by atoms with Crippen LogP contribution in [0.5, 0.6) is 0 Å². The van der Waals surface area contributed by atoms with Gasteiger partial charge < -0.3 is 8.96 Å². The van der Waals surface area contributed by atoms with Crippen LogP contribution in [0.3, 0.4) is 0 Å². The second kappa shape index (κ2) is 9.75. The summed E-state index contributed by atoms with van der Waals surface area (Å²) < 4.78 is 5.17. The van der Waals surface area contributed by atoms with E-state index in [1.54, 1.807) is 0 Å². The lowest BCUT2D eigenvalue weighted by Crippen LogP contribution is -2.61. The van der Waals surface area contributed by atoms with Gasteiger partial charge >= 0.3 is 13.7 Å². The molecular weight excluding hydrogens is 626 g/mol. The van der Waals surface area contributed by atoms with E-state index in [-0.39, 0.29) is 25.5 Å². The lowest BCUT2D eigenvalue weighted by atomic mass is 9.37. The van der Waals surface area contributed by atoms with Crippen molar-refractivity contribution >= 4 is 57.4 Å². The summed E-state index contributed by atoms with van der Waals surface area (Å²) in [5.74, 6) is 0.176. The molecule has 0 amide bonds. The number of para-hydroxylation sites is 2. The van der Waals surface area contributed by atoms with Gasteiger partial charge in [-0.05, 0) is 102 Å². The Bertz CT molecular complexity index is 2790. The summed E-state index contributed by atoms with van der Waals surface area (Å²) in [5, 5.41) is 2.61. The first kappa shape index (κ1) is 27.5. The third-order valence-corrected chi connectivity index (χ3v) is 12.9. The highest BCUT2D eigenvalue weighted by atomic mass is 14.9. The molecule has 6 heterocycles. The predicted molar refractivity (Wildman–Crippen MR) is 217 cm³/mol. The topological polar surface area (TPSA) is 9.86 Å². The van der Waals surface area contributed by atoms with Crippen molar-refractivity contribution in [2.45, 2.75) is 11.8 Å². The van der Waals surface area contributed by atoms with Crippen molar-refractivity contribution in [1.29, 1.82) is 0 Å². The van der Waals surface area contributed by atoms with Gasteiger partial charge in [0.2, 0.25) is 0 Å². The number of hydrogen-bond donors (Lipinski definition) is 0. The zero-order chi connectivity index (χ0) is 33.7. The van der Waals surface area contributed by atoms with Crippen molar-refractivity contribution in [2.24, 2.45) is 0 Å². The summed E-state index contributed by atoms with van der Waals surface area (Å²) in [6.07, 6.45) is 4.69. The van der Waals surface area contributed by atoms with Crippen LogP contribution in [-0.2, 0) is 0 Å². The largest absolute Gasteiger partial charge is 0.382 e. The van der Waals surface area contributed by atoms with Crippen molar-refractivity contribution < 1.29 is 0 Å². The quantitative estimate of drug-likeness (QED) is 0.168. The van der Waals surface area contributed by atoms with E-state index in [1.807, 2.05) is 0 Å². The molecule has 4 aliphatic heterocycles. The van der Waals surface area contributed by atoms with Crippen LogP contribution in [0.4, 0.5) is 0 Å². The van der Waals surface area contributed by atoms with Gasteiger partial charge in [0.15, 0.2) is 0 Å². The first-order valence-electron chi connectivity index (χ1n) is 18.6. The summed E-state index contributed by atoms with van der Waals surface area (Å²) in [6, 6.07) is 60.1. The Morgan fingerprint density at radius 1 is 0.365 bits per heavy atom. The first-order valence-corrected chi connectivity index (χ1v) is 18.6. The highest BCUT2D eigenvalue weighted by Crippen LogP contribution is 2.47. The Labute approximate surface area is 302 Å². The maximum Gasteiger partial charge on any atom is 0.329 e. The molecule has 4 aliphatic rings. The number of rotatable bonds is 2. The highest BCUT2D eigenvalue weighted by molar-refractivity contribution is 6.89. The minimum absolute atomic E-state index is 0.0881. The smallest absolute Gasteiger partial charge is 0.329 e. The maximum absolute atomic E-state index is 2.59. The number of fused-ring (bicyclic) bond motifs is 9. The zero-order valence-corrected chi connectivity index (χ0v) is 28.4. The molecule has 52 heavy (non-hydrogen) atoms. The molecule has 7 aromatic carbocycles. The van der Waals surface area contributed by atoms with E-state index in [4.69, 9.17) is 0 Å². The van der Waals surface area contributed by atoms with Gasteiger partial charge in [-0.1, -0.05) is 146 Å². The Hall–Kier alpha value is -6.25. The summed E-state index contributed by atoms with van der Waals surface area (Å²) in [7, 11) is 0. The van der Waals surface area contributed by atoms with Crippen LogP contribution in [0.25, 0.3) is 44.1 Å². The molecule has 0 saturated carbocycles. The van der Waals surface area contributed by atoms with Crippen LogP contribution in [0.2, 0.25) is 0 Å². The number of nitrogens with zero attached hydrogens (tertiary/aromatic N) is 2. The van der Waals surface area contributed by atoms with E-state index in [1.165, 1.54) is 99.3 Å². The summed E-state index contributed by atoms with van der Waals surface area (Å²) >= 11 is 0. The highest BCUT2D eigenvalue weighted by Gasteiger charge is 2.48. The van der Waals surface area contributed by atoms with E-state index in [0.717, 1.165) is 0 Å². The van der Waals surface area contributed by atoms with Crippen molar-refractivity contribution in [2.75, 3.05) is 0 Å². The number of hydrogen-bond acceptors (Lipinski definition) is 0. The van der Waals surface area contributed by atoms with Crippen LogP contribution in [-0.4, -0.2) is 22.7 Å². The molecule has 238 valence electrons. The van der Waals surface area contributed by atoms with Crippen LogP contribution in [0.15, 0.2) is 170 Å². The fraction of sp³-hybridized carbons (Fsp3) is 0.0417. The van der Waals surface area contributed by atoms with E-state index in [2.05, 4.69) is 179 Å². The standard InChI is InChI=1S/C48H30B2N2/c1-3-11-29(12-4-1)41-37-21-9-17-33-35-19-7-15-31-25-27-51(47(31)35)49(45(33)37)39-23-24-40-44(43(39)41)42(30-13-5-2-6-14-30)38-22-10-18-34-36-20-8-16-32-26-28-52(48(32)36)50(40)46(34)38/h1-28,41-42H. The SMILES string of the molecule is c1ccc(C2c3cccc4c3B(c3ccc5c(c32)C(c2ccccc2)c2cccc3c2B5n2ccc5cccc-3c52)n2ccc3cccc-4c32)cc1. The molecule has 0 spiro atoms. The molecule has 2 nitrogen and oxygen atoms in total. The average Bonchev–Trinajstić information content (AvgIpc) is 3.84. The van der Waals surface area contributed by atoms with Crippen molar-refractivity contribution in [3.8, 4) is 22.3 Å². The van der Waals surface area contributed by atoms with Gasteiger partial charge in [0, 0.05) is 34.0 Å². The second-order valence-corrected chi connectivity index (χ2v) is 15.1. The van der Waals surface area contributed by atoms with Gasteiger partial charge in [-0.15, -0.1) is 0 Å². The van der Waals surface area contributed by atoms with Gasteiger partial charge in [0.05, 0.1) is 0 Å². The van der Waals surface area contributed by atoms with Gasteiger partial charge in [-0.2, -0.15) is 0 Å². The third kappa shape index (κ3) is 3.25. The minimum atomic E-state index is 0.0881. The molecule has 13 rings (SSSR count). The van der Waals surface area contributed by atoms with E-state index in [0.29, 0.717) is 0 Å². The molecule has 0 saturated heterocycles. The molecule has 0 N–H and O–H groups in total. The molecule has 0 fully saturated rings. The Morgan fingerprint density at radius 2 is 0.788 bits per heavy atom. The average molecular weight is 656 g/mol. The summed E-state index contributed by atoms with van der Waals surface area (Å²) in [5.41, 5.74) is 22.4. The van der Waals surface area contributed by atoms with E-state index in [9.17, 15) is 0 Å². The molecule has 4 heteroatoms. The van der Waals surface area contributed by atoms with Crippen LogP contribution >= 0.6 is 0 Å². The van der Waals surface area contributed by atoms with Crippen LogP contribution in [0.1, 0.15) is 45.2 Å². The lowest BCUT2D eigenvalue weighted by molar-refractivity contribution is 0.902. The third-order valence-electron chi connectivity index (χ3n) is 12.9. The van der Waals surface area contributed by atoms with Crippen LogP contribution in [0, 0.1) is 0 Å². The Morgan fingerprint density at radius 3 is 1.25 bits per heavy atom. The first-order chi connectivity index (χ1) is 25.8. The Kier molecular flexibility index (Phi) is 5.15. The molecule has 2 aromatic heterocycles. The molecule has 0 radical (unpaired) electrons. The number of aromatic nitrogens is 2. The van der Waals surface area contributed by atoms with Crippen molar-refractivity contribution in [3.63, 3.8) is 0 Å². The fourth-order valence-electron chi connectivity index (χ4n) is 11.0. The zero-order valence-electron chi connectivity index (χ0n) is 28.4. The van der Waals surface area contributed by atoms with Crippen molar-refractivity contribution in [1.82, 2.24) is 8.96 Å². The van der Waals surface area contributed by atoms with Gasteiger partial charge in [0.25, 0.3) is 0 Å². The van der Waals surface area contributed by atoms with Gasteiger partial charge in [-0.25, -0.2) is 0 Å². The van der Waals surface area contributed by atoms with E-state index < -0.39 is 0 Å². The molecular formula is C48H30B2N2. The molecule has 0 bridgehead atoms. The Balaban J connectivity index is 1.21. The number of benzene rings is 7. The molecule has 0 aliphatic carbocycles. The molecule has 2 unspecified atom stereocenters. The summed E-state index contributed by atoms with van der Waals surface area (Å²) in [6.45, 7) is 0.182. The minimum Gasteiger partial charge on any atom is -0.382 e. The van der Waals surface area contributed by atoms with Crippen molar-refractivity contribution in [3.05, 3.63) is 203 Å². The van der Waals surface area contributed by atoms with Gasteiger partial charge in [-0.3, -0.25) is 0 Å².